The van der Waals surface area contributed by atoms with Crippen LogP contribution in [0.3, 0.4) is 0 Å². The number of nitriles is 1. The molecule has 0 aliphatic carbocycles. The Morgan fingerprint density at radius 1 is 1.62 bits per heavy atom. The lowest BCUT2D eigenvalue weighted by atomic mass is 10.1. The molecule has 6 heteroatoms. The lowest BCUT2D eigenvalue weighted by Gasteiger charge is -2.23. The zero-order valence-electron chi connectivity index (χ0n) is 12.1. The Bertz CT molecular complexity index is 583. The summed E-state index contributed by atoms with van der Waals surface area (Å²) in [6.07, 6.45) is 0.793. The van der Waals surface area contributed by atoms with Crippen molar-refractivity contribution >= 4 is 23.3 Å². The zero-order valence-corrected chi connectivity index (χ0v) is 12.9. The number of amides is 2. The maximum absolute atomic E-state index is 12.3. The Morgan fingerprint density at radius 3 is 3.05 bits per heavy atom. The van der Waals surface area contributed by atoms with Crippen molar-refractivity contribution in [2.45, 2.75) is 20.3 Å². The van der Waals surface area contributed by atoms with E-state index in [9.17, 15) is 4.79 Å². The van der Waals surface area contributed by atoms with Crippen molar-refractivity contribution in [1.82, 2.24) is 4.90 Å². The number of nitrogens with one attached hydrogen (secondary N) is 1. The molecule has 0 saturated carbocycles. The minimum Gasteiger partial charge on any atom is -0.491 e. The average molecular weight is 308 g/mol. The summed E-state index contributed by atoms with van der Waals surface area (Å²) in [5.74, 6) is 0.481. The van der Waals surface area contributed by atoms with Gasteiger partial charge < -0.3 is 15.0 Å². The van der Waals surface area contributed by atoms with Gasteiger partial charge in [0.25, 0.3) is 0 Å². The lowest BCUT2D eigenvalue weighted by molar-refractivity contribution is 0.210. The topological polar surface area (TPSA) is 65.4 Å². The van der Waals surface area contributed by atoms with Gasteiger partial charge in [-0.15, -0.1) is 0 Å². The second kappa shape index (κ2) is 6.68. The molecule has 0 unspecified atom stereocenters. The summed E-state index contributed by atoms with van der Waals surface area (Å²) in [7, 11) is 0. The molecule has 1 atom stereocenters. The number of ether oxygens (including phenoxy) is 1. The second-order valence-corrected chi connectivity index (χ2v) is 5.48. The molecule has 5 nitrogen and oxygen atoms in total. The summed E-state index contributed by atoms with van der Waals surface area (Å²) in [6, 6.07) is 5.42. The lowest BCUT2D eigenvalue weighted by Crippen LogP contribution is -2.37. The minimum atomic E-state index is -0.250. The number of hydrogen-bond donors (Lipinski definition) is 1. The van der Waals surface area contributed by atoms with Gasteiger partial charge in [-0.1, -0.05) is 11.6 Å². The molecule has 0 fully saturated rings. The SMILES string of the molecule is CCN(C[C@@H](C)C#N)C(=O)Nc1cc(Cl)cc2c1OCC2. The summed E-state index contributed by atoms with van der Waals surface area (Å²) >= 11 is 6.07. The van der Waals surface area contributed by atoms with E-state index >= 15 is 0 Å². The van der Waals surface area contributed by atoms with E-state index in [0.717, 1.165) is 12.0 Å². The third kappa shape index (κ3) is 3.59. The number of hydrogen-bond acceptors (Lipinski definition) is 3. The number of benzene rings is 1. The first-order chi connectivity index (χ1) is 10.0. The van der Waals surface area contributed by atoms with Crippen LogP contribution in [0.15, 0.2) is 12.1 Å². The van der Waals surface area contributed by atoms with Gasteiger partial charge in [0.1, 0.15) is 5.75 Å². The fourth-order valence-corrected chi connectivity index (χ4v) is 2.52. The molecule has 2 amide bonds. The van der Waals surface area contributed by atoms with Crippen LogP contribution >= 0.6 is 11.6 Å². The predicted octanol–water partition coefficient (Wildman–Crippen LogP) is 3.29. The van der Waals surface area contributed by atoms with Crippen LogP contribution in [0, 0.1) is 17.2 Å². The van der Waals surface area contributed by atoms with Gasteiger partial charge in [-0.05, 0) is 26.0 Å². The van der Waals surface area contributed by atoms with Crippen LogP contribution in [0.1, 0.15) is 19.4 Å². The third-order valence-electron chi connectivity index (χ3n) is 3.37. The molecule has 0 aromatic heterocycles. The van der Waals surface area contributed by atoms with Crippen LogP contribution in [-0.4, -0.2) is 30.6 Å². The van der Waals surface area contributed by atoms with Gasteiger partial charge in [0.15, 0.2) is 0 Å². The molecule has 0 radical (unpaired) electrons. The molecule has 1 N–H and O–H groups in total. The summed E-state index contributed by atoms with van der Waals surface area (Å²) in [6.45, 7) is 5.18. The van der Waals surface area contributed by atoms with E-state index in [2.05, 4.69) is 11.4 Å². The van der Waals surface area contributed by atoms with Gasteiger partial charge in [-0.3, -0.25) is 0 Å². The number of urea groups is 1. The van der Waals surface area contributed by atoms with Crippen LogP contribution < -0.4 is 10.1 Å². The highest BCUT2D eigenvalue weighted by molar-refractivity contribution is 6.31. The highest BCUT2D eigenvalue weighted by Gasteiger charge is 2.21. The van der Waals surface area contributed by atoms with Gasteiger partial charge in [0.2, 0.25) is 0 Å². The van der Waals surface area contributed by atoms with E-state index in [1.54, 1.807) is 17.9 Å². The first kappa shape index (κ1) is 15.5. The van der Waals surface area contributed by atoms with E-state index in [-0.39, 0.29) is 11.9 Å². The quantitative estimate of drug-likeness (QED) is 0.928. The molecule has 1 heterocycles. The highest BCUT2D eigenvalue weighted by Crippen LogP contribution is 2.36. The molecule has 1 aliphatic heterocycles. The van der Waals surface area contributed by atoms with Gasteiger partial charge >= 0.3 is 6.03 Å². The molecule has 21 heavy (non-hydrogen) atoms. The Hall–Kier alpha value is -1.93. The zero-order chi connectivity index (χ0) is 15.4. The van der Waals surface area contributed by atoms with E-state index in [4.69, 9.17) is 21.6 Å². The van der Waals surface area contributed by atoms with E-state index < -0.39 is 0 Å². The molecule has 1 aromatic rings. The summed E-state index contributed by atoms with van der Waals surface area (Å²) in [5.41, 5.74) is 1.59. The molecule has 0 spiro atoms. The smallest absolute Gasteiger partial charge is 0.321 e. The van der Waals surface area contributed by atoms with E-state index in [1.807, 2.05) is 13.0 Å². The number of fused-ring (bicyclic) bond motifs is 1. The maximum Gasteiger partial charge on any atom is 0.321 e. The number of halogens is 1. The van der Waals surface area contributed by atoms with Crippen molar-refractivity contribution in [1.29, 1.82) is 5.26 Å². The molecule has 1 aromatic carbocycles. The van der Waals surface area contributed by atoms with Crippen molar-refractivity contribution in [2.75, 3.05) is 25.0 Å². The Morgan fingerprint density at radius 2 is 2.38 bits per heavy atom. The van der Waals surface area contributed by atoms with Crippen LogP contribution in [0.25, 0.3) is 0 Å². The molecular formula is C15H18ClN3O2. The standard InChI is InChI=1S/C15H18ClN3O2/c1-3-19(9-10(2)8-17)15(20)18-13-7-12(16)6-11-4-5-21-14(11)13/h6-7,10H,3-5,9H2,1-2H3,(H,18,20)/t10-/m0/s1. The van der Waals surface area contributed by atoms with Gasteiger partial charge in [0, 0.05) is 30.1 Å². The molecule has 0 saturated heterocycles. The summed E-state index contributed by atoms with van der Waals surface area (Å²) in [5, 5.41) is 12.3. The number of carbonyl (C=O) groups excluding carboxylic acids is 1. The number of anilines is 1. The predicted molar refractivity (Wildman–Crippen MR) is 81.7 cm³/mol. The number of nitrogens with zero attached hydrogens (tertiary/aromatic N) is 2. The maximum atomic E-state index is 12.3. The van der Waals surface area contributed by atoms with E-state index in [1.165, 1.54) is 0 Å². The van der Waals surface area contributed by atoms with Crippen molar-refractivity contribution in [2.24, 2.45) is 5.92 Å². The van der Waals surface area contributed by atoms with Crippen LogP contribution in [-0.2, 0) is 6.42 Å². The van der Waals surface area contributed by atoms with Crippen molar-refractivity contribution in [3.05, 3.63) is 22.7 Å². The monoisotopic (exact) mass is 307 g/mol. The first-order valence-electron chi connectivity index (χ1n) is 6.96. The van der Waals surface area contributed by atoms with Crippen LogP contribution in [0.5, 0.6) is 5.75 Å². The third-order valence-corrected chi connectivity index (χ3v) is 3.59. The molecule has 1 aliphatic rings. The van der Waals surface area contributed by atoms with Crippen molar-refractivity contribution in [3.63, 3.8) is 0 Å². The normalized spacial score (nSPS) is 13.8. The Balaban J connectivity index is 2.14. The highest BCUT2D eigenvalue weighted by atomic mass is 35.5. The van der Waals surface area contributed by atoms with Gasteiger partial charge in [-0.2, -0.15) is 5.26 Å². The summed E-state index contributed by atoms with van der Waals surface area (Å²) in [4.78, 5) is 13.9. The Labute approximate surface area is 129 Å². The Kier molecular flexibility index (Phi) is 4.92. The molecule has 2 rings (SSSR count). The largest absolute Gasteiger partial charge is 0.491 e. The van der Waals surface area contributed by atoms with Gasteiger partial charge in [-0.25, -0.2) is 4.79 Å². The fourth-order valence-electron chi connectivity index (χ4n) is 2.28. The van der Waals surface area contributed by atoms with Crippen LogP contribution in [0.2, 0.25) is 5.02 Å². The molecular weight excluding hydrogens is 290 g/mol. The minimum absolute atomic E-state index is 0.211. The van der Waals surface area contributed by atoms with Crippen molar-refractivity contribution in [3.8, 4) is 11.8 Å². The first-order valence-corrected chi connectivity index (χ1v) is 7.33. The molecule has 0 bridgehead atoms. The van der Waals surface area contributed by atoms with E-state index in [0.29, 0.717) is 36.2 Å². The number of rotatable bonds is 4. The summed E-state index contributed by atoms with van der Waals surface area (Å²) < 4.78 is 5.56. The number of carbonyl (C=O) groups is 1. The van der Waals surface area contributed by atoms with Gasteiger partial charge in [0.05, 0.1) is 24.3 Å². The van der Waals surface area contributed by atoms with Crippen LogP contribution in [0.4, 0.5) is 10.5 Å². The second-order valence-electron chi connectivity index (χ2n) is 5.04. The fraction of sp³-hybridized carbons (Fsp3) is 0.467. The average Bonchev–Trinajstić information content (AvgIpc) is 2.92. The molecule has 112 valence electrons. The van der Waals surface area contributed by atoms with Crippen molar-refractivity contribution < 1.29 is 9.53 Å².